The number of carbonyl (C=O) groups is 1. The summed E-state index contributed by atoms with van der Waals surface area (Å²) in [4.78, 5) is 16.8. The average molecular weight is 386 g/mol. The van der Waals surface area contributed by atoms with Gasteiger partial charge in [0.1, 0.15) is 0 Å². The Morgan fingerprint density at radius 3 is 2.58 bits per heavy atom. The number of nitrogens with one attached hydrogen (secondary N) is 1. The van der Waals surface area contributed by atoms with Crippen molar-refractivity contribution in [1.29, 1.82) is 0 Å². The first-order chi connectivity index (χ1) is 12.4. The van der Waals surface area contributed by atoms with Gasteiger partial charge in [-0.1, -0.05) is 32.1 Å². The van der Waals surface area contributed by atoms with Crippen molar-refractivity contribution in [2.45, 2.75) is 57.8 Å². The second kappa shape index (κ2) is 8.57. The summed E-state index contributed by atoms with van der Waals surface area (Å²) in [6.07, 6.45) is 12.9. The summed E-state index contributed by atoms with van der Waals surface area (Å²) in [6, 6.07) is 0. The maximum atomic E-state index is 12.3. The van der Waals surface area contributed by atoms with Crippen molar-refractivity contribution in [2.24, 2.45) is 11.3 Å². The molecule has 1 N–H and O–H groups in total. The van der Waals surface area contributed by atoms with Crippen molar-refractivity contribution >= 4 is 15.9 Å². The Bertz CT molecular complexity index is 589. The van der Waals surface area contributed by atoms with Gasteiger partial charge in [0.2, 0.25) is 15.9 Å². The van der Waals surface area contributed by atoms with Crippen molar-refractivity contribution in [2.75, 3.05) is 45.5 Å². The summed E-state index contributed by atoms with van der Waals surface area (Å²) in [5, 5.41) is 0. The second-order valence-corrected chi connectivity index (χ2v) is 10.7. The quantitative estimate of drug-likeness (QED) is 0.757. The van der Waals surface area contributed by atoms with E-state index in [1.165, 1.54) is 64.5 Å². The van der Waals surface area contributed by atoms with Gasteiger partial charge in [0.15, 0.2) is 0 Å². The minimum Gasteiger partial charge on any atom is -0.341 e. The molecule has 2 heterocycles. The molecule has 2 saturated heterocycles. The van der Waals surface area contributed by atoms with Gasteiger partial charge in [-0.2, -0.15) is 0 Å². The molecule has 3 rings (SSSR count). The Kier molecular flexibility index (Phi) is 6.62. The van der Waals surface area contributed by atoms with Gasteiger partial charge >= 0.3 is 0 Å². The summed E-state index contributed by atoms with van der Waals surface area (Å²) in [6.45, 7) is 4.94. The van der Waals surface area contributed by atoms with E-state index in [2.05, 4.69) is 9.62 Å². The first kappa shape index (κ1) is 20.1. The first-order valence-corrected chi connectivity index (χ1v) is 12.2. The molecule has 26 heavy (non-hydrogen) atoms. The summed E-state index contributed by atoms with van der Waals surface area (Å²) in [5.41, 5.74) is 0.228. The SMILES string of the molecule is CS(=O)(=O)NCC(=O)N1CC[C@@]2(CCCN(CCC3CCCCC3)C2)C1. The number of amides is 1. The molecule has 3 aliphatic rings. The summed E-state index contributed by atoms with van der Waals surface area (Å²) >= 11 is 0. The van der Waals surface area contributed by atoms with E-state index in [9.17, 15) is 13.2 Å². The van der Waals surface area contributed by atoms with Crippen LogP contribution in [0.3, 0.4) is 0 Å². The summed E-state index contributed by atoms with van der Waals surface area (Å²) < 4.78 is 24.7. The van der Waals surface area contributed by atoms with Crippen LogP contribution in [-0.2, 0) is 14.8 Å². The normalized spacial score (nSPS) is 28.7. The molecule has 0 aromatic rings. The van der Waals surface area contributed by atoms with Crippen LogP contribution in [-0.4, -0.2) is 69.6 Å². The predicted octanol–water partition coefficient (Wildman–Crippen LogP) is 1.82. The fourth-order valence-corrected chi connectivity index (χ4v) is 5.51. The van der Waals surface area contributed by atoms with Crippen molar-refractivity contribution in [1.82, 2.24) is 14.5 Å². The fraction of sp³-hybridized carbons (Fsp3) is 0.947. The van der Waals surface area contributed by atoms with Gasteiger partial charge in [0.25, 0.3) is 0 Å². The maximum absolute atomic E-state index is 12.3. The molecular formula is C19H35N3O3S. The molecule has 1 amide bonds. The minimum atomic E-state index is -3.31. The van der Waals surface area contributed by atoms with E-state index in [-0.39, 0.29) is 17.9 Å². The number of carbonyl (C=O) groups excluding carboxylic acids is 1. The molecule has 1 aliphatic carbocycles. The van der Waals surface area contributed by atoms with Gasteiger partial charge in [0, 0.05) is 25.0 Å². The molecule has 1 saturated carbocycles. The second-order valence-electron chi connectivity index (χ2n) is 8.83. The molecule has 150 valence electrons. The lowest BCUT2D eigenvalue weighted by molar-refractivity contribution is -0.129. The fourth-order valence-electron chi connectivity index (χ4n) is 5.13. The van der Waals surface area contributed by atoms with Crippen LogP contribution in [0.4, 0.5) is 0 Å². The van der Waals surface area contributed by atoms with E-state index < -0.39 is 10.0 Å². The lowest BCUT2D eigenvalue weighted by Gasteiger charge is -2.41. The number of hydrogen-bond acceptors (Lipinski definition) is 4. The molecule has 2 aliphatic heterocycles. The van der Waals surface area contributed by atoms with Gasteiger partial charge in [-0.3, -0.25) is 4.79 Å². The number of likely N-dealkylation sites (tertiary alicyclic amines) is 2. The molecule has 1 spiro atoms. The average Bonchev–Trinajstić information content (AvgIpc) is 3.01. The van der Waals surface area contributed by atoms with Gasteiger partial charge in [-0.05, 0) is 44.7 Å². The molecule has 7 heteroatoms. The molecule has 6 nitrogen and oxygen atoms in total. The molecule has 0 aromatic carbocycles. The number of sulfonamides is 1. The zero-order valence-corrected chi connectivity index (χ0v) is 17.0. The lowest BCUT2D eigenvalue weighted by atomic mass is 9.79. The van der Waals surface area contributed by atoms with E-state index in [1.807, 2.05) is 4.90 Å². The Hall–Kier alpha value is -0.660. The van der Waals surface area contributed by atoms with Crippen LogP contribution in [0.25, 0.3) is 0 Å². The van der Waals surface area contributed by atoms with Crippen LogP contribution in [0.5, 0.6) is 0 Å². The third kappa shape index (κ3) is 5.67. The number of piperidine rings is 1. The van der Waals surface area contributed by atoms with Crippen molar-refractivity contribution in [3.05, 3.63) is 0 Å². The van der Waals surface area contributed by atoms with Gasteiger partial charge < -0.3 is 9.80 Å². The van der Waals surface area contributed by atoms with Crippen LogP contribution in [0.15, 0.2) is 0 Å². The molecule has 3 fully saturated rings. The number of rotatable bonds is 6. The zero-order chi connectivity index (χ0) is 18.6. The van der Waals surface area contributed by atoms with E-state index in [1.54, 1.807) is 0 Å². The van der Waals surface area contributed by atoms with E-state index in [0.29, 0.717) is 0 Å². The zero-order valence-electron chi connectivity index (χ0n) is 16.2. The third-order valence-electron chi connectivity index (χ3n) is 6.60. The third-order valence-corrected chi connectivity index (χ3v) is 7.26. The van der Waals surface area contributed by atoms with Crippen LogP contribution in [0, 0.1) is 11.3 Å². The van der Waals surface area contributed by atoms with Crippen LogP contribution < -0.4 is 4.72 Å². The Labute approximate surface area is 158 Å². The van der Waals surface area contributed by atoms with Gasteiger partial charge in [0.05, 0.1) is 12.8 Å². The molecule has 0 bridgehead atoms. The standard InChI is InChI=1S/C19H35N3O3S/c1-26(24,25)20-14-18(23)22-13-10-19(16-22)9-5-11-21(15-19)12-8-17-6-3-2-4-7-17/h17,20H,2-16H2,1H3/t19-/m1/s1. The van der Waals surface area contributed by atoms with E-state index >= 15 is 0 Å². The molecule has 1 atom stereocenters. The highest BCUT2D eigenvalue weighted by Gasteiger charge is 2.42. The Morgan fingerprint density at radius 2 is 1.85 bits per heavy atom. The highest BCUT2D eigenvalue weighted by Crippen LogP contribution is 2.39. The molecule has 0 unspecified atom stereocenters. The van der Waals surface area contributed by atoms with Crippen LogP contribution in [0.1, 0.15) is 57.8 Å². The van der Waals surface area contributed by atoms with Crippen molar-refractivity contribution in [3.8, 4) is 0 Å². The molecule has 0 radical (unpaired) electrons. The Morgan fingerprint density at radius 1 is 1.08 bits per heavy atom. The van der Waals surface area contributed by atoms with Crippen molar-refractivity contribution < 1.29 is 13.2 Å². The van der Waals surface area contributed by atoms with Crippen LogP contribution >= 0.6 is 0 Å². The molecule has 0 aromatic heterocycles. The van der Waals surface area contributed by atoms with E-state index in [0.717, 1.165) is 38.2 Å². The monoisotopic (exact) mass is 385 g/mol. The molecular weight excluding hydrogens is 350 g/mol. The van der Waals surface area contributed by atoms with Gasteiger partial charge in [-0.25, -0.2) is 13.1 Å². The Balaban J connectivity index is 1.46. The van der Waals surface area contributed by atoms with Gasteiger partial charge in [-0.15, -0.1) is 0 Å². The van der Waals surface area contributed by atoms with Crippen LogP contribution in [0.2, 0.25) is 0 Å². The highest BCUT2D eigenvalue weighted by atomic mass is 32.2. The first-order valence-electron chi connectivity index (χ1n) is 10.3. The maximum Gasteiger partial charge on any atom is 0.237 e. The number of hydrogen-bond donors (Lipinski definition) is 1. The minimum absolute atomic E-state index is 0.0911. The lowest BCUT2D eigenvalue weighted by Crippen LogP contribution is -2.46. The smallest absolute Gasteiger partial charge is 0.237 e. The predicted molar refractivity (Wildman–Crippen MR) is 103 cm³/mol. The van der Waals surface area contributed by atoms with E-state index in [4.69, 9.17) is 0 Å². The van der Waals surface area contributed by atoms with Crippen molar-refractivity contribution in [3.63, 3.8) is 0 Å². The number of nitrogens with zero attached hydrogens (tertiary/aromatic N) is 2. The highest BCUT2D eigenvalue weighted by molar-refractivity contribution is 7.88. The largest absolute Gasteiger partial charge is 0.341 e. The summed E-state index contributed by atoms with van der Waals surface area (Å²) in [7, 11) is -3.31. The topological polar surface area (TPSA) is 69.7 Å². The summed E-state index contributed by atoms with van der Waals surface area (Å²) in [5.74, 6) is 0.831.